The largest absolute Gasteiger partial charge is 0.240 e. The van der Waals surface area contributed by atoms with Gasteiger partial charge in [-0.05, 0) is 25.1 Å². The molecule has 0 radical (unpaired) electrons. The molecule has 1 atom stereocenters. The van der Waals surface area contributed by atoms with Crippen LogP contribution in [0.3, 0.4) is 0 Å². The van der Waals surface area contributed by atoms with Gasteiger partial charge in [0, 0.05) is 11.9 Å². The van der Waals surface area contributed by atoms with Crippen molar-refractivity contribution in [2.24, 2.45) is 0 Å². The lowest BCUT2D eigenvalue weighted by atomic mass is 10.3. The summed E-state index contributed by atoms with van der Waals surface area (Å²) in [6.07, 6.45) is 0. The van der Waals surface area contributed by atoms with E-state index in [2.05, 4.69) is 4.72 Å². The van der Waals surface area contributed by atoms with E-state index in [9.17, 15) is 17.2 Å². The first-order valence-corrected chi connectivity index (χ1v) is 6.33. The first-order chi connectivity index (χ1) is 7.33. The van der Waals surface area contributed by atoms with Gasteiger partial charge in [-0.15, -0.1) is 11.6 Å². The molecule has 0 aliphatic rings. The SMILES string of the molecule is CC(Cl)CNS(=O)(=O)c1ccc(F)c(F)c1. The summed E-state index contributed by atoms with van der Waals surface area (Å²) in [6.45, 7) is 1.62. The summed E-state index contributed by atoms with van der Waals surface area (Å²) in [4.78, 5) is -0.330. The summed E-state index contributed by atoms with van der Waals surface area (Å²) in [7, 11) is -3.84. The lowest BCUT2D eigenvalue weighted by molar-refractivity contribution is 0.504. The van der Waals surface area contributed by atoms with Crippen LogP contribution in [-0.2, 0) is 10.0 Å². The molecular formula is C9H10ClF2NO2S. The van der Waals surface area contributed by atoms with Gasteiger partial charge in [0.05, 0.1) is 4.90 Å². The van der Waals surface area contributed by atoms with E-state index in [0.29, 0.717) is 6.07 Å². The highest BCUT2D eigenvalue weighted by Gasteiger charge is 2.16. The minimum Gasteiger partial charge on any atom is -0.210 e. The number of hydrogen-bond acceptors (Lipinski definition) is 2. The van der Waals surface area contributed by atoms with Crippen molar-refractivity contribution in [3.63, 3.8) is 0 Å². The zero-order valence-electron chi connectivity index (χ0n) is 8.38. The maximum Gasteiger partial charge on any atom is 0.240 e. The maximum atomic E-state index is 12.8. The second kappa shape index (κ2) is 5.07. The Labute approximate surface area is 97.5 Å². The van der Waals surface area contributed by atoms with Crippen molar-refractivity contribution in [3.05, 3.63) is 29.8 Å². The van der Waals surface area contributed by atoms with Crippen LogP contribution in [0.5, 0.6) is 0 Å². The van der Waals surface area contributed by atoms with Crippen molar-refractivity contribution < 1.29 is 17.2 Å². The molecule has 0 bridgehead atoms. The number of hydrogen-bond donors (Lipinski definition) is 1. The molecule has 1 N–H and O–H groups in total. The van der Waals surface area contributed by atoms with Gasteiger partial charge in [0.15, 0.2) is 11.6 Å². The Bertz CT molecular complexity index is 476. The Morgan fingerprint density at radius 2 is 2.00 bits per heavy atom. The standard InChI is InChI=1S/C9H10ClF2NO2S/c1-6(10)5-13-16(14,15)7-2-3-8(11)9(12)4-7/h2-4,6,13H,5H2,1H3. The van der Waals surface area contributed by atoms with Gasteiger partial charge < -0.3 is 0 Å². The zero-order valence-corrected chi connectivity index (χ0v) is 9.95. The van der Waals surface area contributed by atoms with E-state index in [1.165, 1.54) is 0 Å². The predicted molar refractivity (Wildman–Crippen MR) is 56.9 cm³/mol. The fourth-order valence-corrected chi connectivity index (χ4v) is 2.26. The monoisotopic (exact) mass is 269 g/mol. The smallest absolute Gasteiger partial charge is 0.210 e. The van der Waals surface area contributed by atoms with Crippen LogP contribution in [0.1, 0.15) is 6.92 Å². The number of rotatable bonds is 4. The van der Waals surface area contributed by atoms with Crippen LogP contribution in [0.25, 0.3) is 0 Å². The second-order valence-electron chi connectivity index (χ2n) is 3.21. The van der Waals surface area contributed by atoms with E-state index in [-0.39, 0.29) is 16.8 Å². The summed E-state index contributed by atoms with van der Waals surface area (Å²) >= 11 is 5.57. The molecule has 90 valence electrons. The minimum absolute atomic E-state index is 0.0168. The zero-order chi connectivity index (χ0) is 12.3. The number of sulfonamides is 1. The third kappa shape index (κ3) is 3.40. The summed E-state index contributed by atoms with van der Waals surface area (Å²) in [6, 6.07) is 2.37. The quantitative estimate of drug-likeness (QED) is 0.848. The molecule has 1 unspecified atom stereocenters. The Morgan fingerprint density at radius 3 is 2.50 bits per heavy atom. The van der Waals surface area contributed by atoms with Crippen molar-refractivity contribution in [2.45, 2.75) is 17.2 Å². The van der Waals surface area contributed by atoms with E-state index in [0.717, 1.165) is 12.1 Å². The maximum absolute atomic E-state index is 12.8. The molecule has 0 heterocycles. The van der Waals surface area contributed by atoms with E-state index in [4.69, 9.17) is 11.6 Å². The third-order valence-electron chi connectivity index (χ3n) is 1.76. The van der Waals surface area contributed by atoms with Crippen LogP contribution in [-0.4, -0.2) is 20.3 Å². The van der Waals surface area contributed by atoms with Crippen LogP contribution >= 0.6 is 11.6 Å². The van der Waals surface area contributed by atoms with Gasteiger partial charge in [0.1, 0.15) is 0 Å². The Kier molecular flexibility index (Phi) is 4.23. The third-order valence-corrected chi connectivity index (χ3v) is 3.33. The highest BCUT2D eigenvalue weighted by Crippen LogP contribution is 2.13. The van der Waals surface area contributed by atoms with Crippen molar-refractivity contribution >= 4 is 21.6 Å². The van der Waals surface area contributed by atoms with Crippen molar-refractivity contribution in [1.82, 2.24) is 4.72 Å². The first-order valence-electron chi connectivity index (χ1n) is 4.41. The average molecular weight is 270 g/mol. The van der Waals surface area contributed by atoms with Gasteiger partial charge in [0.2, 0.25) is 10.0 Å². The highest BCUT2D eigenvalue weighted by atomic mass is 35.5. The fourth-order valence-electron chi connectivity index (χ4n) is 0.952. The molecule has 1 aromatic carbocycles. The van der Waals surface area contributed by atoms with Gasteiger partial charge in [-0.1, -0.05) is 0 Å². The summed E-state index contributed by atoms with van der Waals surface area (Å²) in [5.74, 6) is -2.30. The summed E-state index contributed by atoms with van der Waals surface area (Å²) in [5.41, 5.74) is 0. The average Bonchev–Trinajstić information content (AvgIpc) is 2.19. The lowest BCUT2D eigenvalue weighted by Crippen LogP contribution is -2.28. The van der Waals surface area contributed by atoms with Gasteiger partial charge in [-0.2, -0.15) is 0 Å². The minimum atomic E-state index is -3.84. The Balaban J connectivity index is 2.94. The second-order valence-corrected chi connectivity index (χ2v) is 5.72. The van der Waals surface area contributed by atoms with E-state index >= 15 is 0 Å². The molecular weight excluding hydrogens is 260 g/mol. The number of benzene rings is 1. The van der Waals surface area contributed by atoms with Crippen LogP contribution in [0.15, 0.2) is 23.1 Å². The topological polar surface area (TPSA) is 46.2 Å². The molecule has 0 saturated carbocycles. The molecule has 7 heteroatoms. The molecule has 0 spiro atoms. The highest BCUT2D eigenvalue weighted by molar-refractivity contribution is 7.89. The van der Waals surface area contributed by atoms with Gasteiger partial charge >= 0.3 is 0 Å². The summed E-state index contributed by atoms with van der Waals surface area (Å²) < 4.78 is 50.7. The van der Waals surface area contributed by atoms with Gasteiger partial charge in [-0.3, -0.25) is 0 Å². The number of halogens is 3. The van der Waals surface area contributed by atoms with Crippen LogP contribution in [0.4, 0.5) is 8.78 Å². The molecule has 16 heavy (non-hydrogen) atoms. The fraction of sp³-hybridized carbons (Fsp3) is 0.333. The number of nitrogens with one attached hydrogen (secondary N) is 1. The Hall–Kier alpha value is -0.720. The molecule has 1 rings (SSSR count). The Morgan fingerprint density at radius 1 is 1.38 bits per heavy atom. The van der Waals surface area contributed by atoms with E-state index in [1.54, 1.807) is 6.92 Å². The van der Waals surface area contributed by atoms with Gasteiger partial charge in [0.25, 0.3) is 0 Å². The van der Waals surface area contributed by atoms with Crippen molar-refractivity contribution in [2.75, 3.05) is 6.54 Å². The molecule has 0 aromatic heterocycles. The van der Waals surface area contributed by atoms with Crippen LogP contribution in [0.2, 0.25) is 0 Å². The van der Waals surface area contributed by atoms with E-state index < -0.39 is 21.7 Å². The van der Waals surface area contributed by atoms with Crippen LogP contribution in [0, 0.1) is 11.6 Å². The molecule has 1 aromatic rings. The van der Waals surface area contributed by atoms with Crippen molar-refractivity contribution in [1.29, 1.82) is 0 Å². The molecule has 3 nitrogen and oxygen atoms in total. The number of alkyl halides is 1. The molecule has 0 aliphatic carbocycles. The first kappa shape index (κ1) is 13.3. The lowest BCUT2D eigenvalue weighted by Gasteiger charge is -2.07. The molecule has 0 saturated heterocycles. The van der Waals surface area contributed by atoms with Gasteiger partial charge in [-0.25, -0.2) is 21.9 Å². The molecule has 0 aliphatic heterocycles. The van der Waals surface area contributed by atoms with Crippen LogP contribution < -0.4 is 4.72 Å². The molecule has 0 fully saturated rings. The summed E-state index contributed by atoms with van der Waals surface area (Å²) in [5, 5.41) is -0.389. The predicted octanol–water partition coefficient (Wildman–Crippen LogP) is 1.87. The van der Waals surface area contributed by atoms with Crippen molar-refractivity contribution in [3.8, 4) is 0 Å². The normalized spacial score (nSPS) is 13.8. The molecule has 0 amide bonds. The van der Waals surface area contributed by atoms with E-state index in [1.807, 2.05) is 0 Å².